The molecule has 0 aromatic heterocycles. The van der Waals surface area contributed by atoms with Crippen LogP contribution in [0.25, 0.3) is 0 Å². The van der Waals surface area contributed by atoms with Gasteiger partial charge in [-0.25, -0.2) is 0 Å². The first-order chi connectivity index (χ1) is 6.33. The average molecular weight is 202 g/mol. The molecule has 0 saturated heterocycles. The Morgan fingerprint density at radius 2 is 2.31 bits per heavy atom. The Labute approximate surface area is 84.0 Å². The molecular formula is C9H18N2OS. The lowest BCUT2D eigenvalue weighted by molar-refractivity contribution is -0.120. The molecule has 76 valence electrons. The fourth-order valence-corrected chi connectivity index (χ4v) is 1.57. The highest BCUT2D eigenvalue weighted by Gasteiger charge is 2.22. The SMILES string of the molecule is CCSCCNCC(=O)NC1CC1. The Bertz CT molecular complexity index is 160. The number of rotatable bonds is 7. The fraction of sp³-hybridized carbons (Fsp3) is 0.889. The van der Waals surface area contributed by atoms with Crippen LogP contribution in [0.5, 0.6) is 0 Å². The predicted octanol–water partition coefficient (Wildman–Crippen LogP) is 0.608. The zero-order valence-electron chi connectivity index (χ0n) is 8.14. The third-order valence-corrected chi connectivity index (χ3v) is 2.76. The largest absolute Gasteiger partial charge is 0.352 e. The van der Waals surface area contributed by atoms with Crippen LogP contribution in [0, 0.1) is 0 Å². The molecule has 2 N–H and O–H groups in total. The molecule has 1 saturated carbocycles. The molecule has 1 amide bonds. The summed E-state index contributed by atoms with van der Waals surface area (Å²) < 4.78 is 0. The number of nitrogens with one attached hydrogen (secondary N) is 2. The van der Waals surface area contributed by atoms with E-state index >= 15 is 0 Å². The Morgan fingerprint density at radius 1 is 1.54 bits per heavy atom. The van der Waals surface area contributed by atoms with E-state index in [0.29, 0.717) is 12.6 Å². The van der Waals surface area contributed by atoms with Crippen LogP contribution in [-0.2, 0) is 4.79 Å². The van der Waals surface area contributed by atoms with Gasteiger partial charge in [-0.2, -0.15) is 11.8 Å². The molecule has 0 spiro atoms. The maximum Gasteiger partial charge on any atom is 0.234 e. The Balaban J connectivity index is 1.83. The second-order valence-electron chi connectivity index (χ2n) is 3.22. The quantitative estimate of drug-likeness (QED) is 0.594. The van der Waals surface area contributed by atoms with Gasteiger partial charge in [0.05, 0.1) is 6.54 Å². The topological polar surface area (TPSA) is 41.1 Å². The molecule has 0 aromatic carbocycles. The summed E-state index contributed by atoms with van der Waals surface area (Å²) >= 11 is 1.89. The molecule has 0 bridgehead atoms. The normalized spacial score (nSPS) is 15.8. The maximum atomic E-state index is 11.1. The third kappa shape index (κ3) is 5.93. The van der Waals surface area contributed by atoms with Crippen molar-refractivity contribution in [3.63, 3.8) is 0 Å². The van der Waals surface area contributed by atoms with Crippen molar-refractivity contribution in [1.82, 2.24) is 10.6 Å². The van der Waals surface area contributed by atoms with Crippen molar-refractivity contribution in [3.8, 4) is 0 Å². The maximum absolute atomic E-state index is 11.1. The van der Waals surface area contributed by atoms with Gasteiger partial charge in [-0.1, -0.05) is 6.92 Å². The van der Waals surface area contributed by atoms with Crippen LogP contribution < -0.4 is 10.6 Å². The lowest BCUT2D eigenvalue weighted by Gasteiger charge is -2.04. The first-order valence-corrected chi connectivity index (χ1v) is 6.06. The number of thioether (sulfide) groups is 1. The summed E-state index contributed by atoms with van der Waals surface area (Å²) in [5, 5.41) is 6.06. The van der Waals surface area contributed by atoms with E-state index in [1.807, 2.05) is 11.8 Å². The van der Waals surface area contributed by atoms with E-state index in [1.54, 1.807) is 0 Å². The molecule has 0 radical (unpaired) electrons. The molecule has 1 fully saturated rings. The van der Waals surface area contributed by atoms with Gasteiger partial charge >= 0.3 is 0 Å². The molecular weight excluding hydrogens is 184 g/mol. The van der Waals surface area contributed by atoms with Crippen molar-refractivity contribution in [2.75, 3.05) is 24.6 Å². The second kappa shape index (κ2) is 6.27. The van der Waals surface area contributed by atoms with Crippen LogP contribution in [0.15, 0.2) is 0 Å². The van der Waals surface area contributed by atoms with Gasteiger partial charge in [0.2, 0.25) is 5.91 Å². The van der Waals surface area contributed by atoms with Gasteiger partial charge in [-0.05, 0) is 18.6 Å². The number of hydrogen-bond donors (Lipinski definition) is 2. The van der Waals surface area contributed by atoms with Crippen LogP contribution in [0.4, 0.5) is 0 Å². The van der Waals surface area contributed by atoms with Gasteiger partial charge in [0.1, 0.15) is 0 Å². The minimum Gasteiger partial charge on any atom is -0.352 e. The predicted molar refractivity (Wildman–Crippen MR) is 57.0 cm³/mol. The standard InChI is InChI=1S/C9H18N2OS/c1-2-13-6-5-10-7-9(12)11-8-3-4-8/h8,10H,2-7H2,1H3,(H,11,12). The van der Waals surface area contributed by atoms with E-state index in [-0.39, 0.29) is 5.91 Å². The zero-order valence-corrected chi connectivity index (χ0v) is 8.95. The molecule has 0 atom stereocenters. The summed E-state index contributed by atoms with van der Waals surface area (Å²) in [4.78, 5) is 11.1. The van der Waals surface area contributed by atoms with Crippen molar-refractivity contribution in [2.24, 2.45) is 0 Å². The first kappa shape index (κ1) is 10.9. The summed E-state index contributed by atoms with van der Waals surface area (Å²) in [6.07, 6.45) is 2.33. The smallest absolute Gasteiger partial charge is 0.234 e. The summed E-state index contributed by atoms with van der Waals surface area (Å²) in [7, 11) is 0. The van der Waals surface area contributed by atoms with Gasteiger partial charge < -0.3 is 10.6 Å². The lowest BCUT2D eigenvalue weighted by atomic mass is 10.5. The molecule has 13 heavy (non-hydrogen) atoms. The van der Waals surface area contributed by atoms with Crippen LogP contribution in [0.3, 0.4) is 0 Å². The molecule has 0 aromatic rings. The number of amides is 1. The van der Waals surface area contributed by atoms with E-state index in [9.17, 15) is 4.79 Å². The Kier molecular flexibility index (Phi) is 5.23. The molecule has 0 heterocycles. The van der Waals surface area contributed by atoms with Crippen molar-refractivity contribution >= 4 is 17.7 Å². The van der Waals surface area contributed by atoms with E-state index < -0.39 is 0 Å². The van der Waals surface area contributed by atoms with Gasteiger partial charge in [-0.3, -0.25) is 4.79 Å². The van der Waals surface area contributed by atoms with Crippen LogP contribution in [0.2, 0.25) is 0 Å². The highest BCUT2D eigenvalue weighted by molar-refractivity contribution is 7.99. The van der Waals surface area contributed by atoms with Crippen molar-refractivity contribution in [2.45, 2.75) is 25.8 Å². The average Bonchev–Trinajstić information content (AvgIpc) is 2.88. The number of hydrogen-bond acceptors (Lipinski definition) is 3. The molecule has 1 rings (SSSR count). The van der Waals surface area contributed by atoms with Gasteiger partial charge in [0, 0.05) is 18.3 Å². The fourth-order valence-electron chi connectivity index (χ4n) is 0.997. The van der Waals surface area contributed by atoms with Gasteiger partial charge in [-0.15, -0.1) is 0 Å². The molecule has 0 aliphatic heterocycles. The monoisotopic (exact) mass is 202 g/mol. The Hall–Kier alpha value is -0.220. The van der Waals surface area contributed by atoms with E-state index in [0.717, 1.165) is 30.9 Å². The van der Waals surface area contributed by atoms with Crippen LogP contribution in [-0.4, -0.2) is 36.5 Å². The summed E-state index contributed by atoms with van der Waals surface area (Å²) in [6.45, 7) is 3.54. The van der Waals surface area contributed by atoms with Crippen LogP contribution in [0.1, 0.15) is 19.8 Å². The highest BCUT2D eigenvalue weighted by Crippen LogP contribution is 2.18. The van der Waals surface area contributed by atoms with Crippen LogP contribution >= 0.6 is 11.8 Å². The molecule has 4 heteroatoms. The summed E-state index contributed by atoms with van der Waals surface area (Å²) in [6, 6.07) is 0.485. The molecule has 1 aliphatic carbocycles. The number of carbonyl (C=O) groups excluding carboxylic acids is 1. The Morgan fingerprint density at radius 3 is 2.92 bits per heavy atom. The summed E-state index contributed by atoms with van der Waals surface area (Å²) in [5.74, 6) is 2.38. The highest BCUT2D eigenvalue weighted by atomic mass is 32.2. The van der Waals surface area contributed by atoms with E-state index in [2.05, 4.69) is 17.6 Å². The third-order valence-electron chi connectivity index (χ3n) is 1.86. The van der Waals surface area contributed by atoms with Gasteiger partial charge in [0.15, 0.2) is 0 Å². The first-order valence-electron chi connectivity index (χ1n) is 4.90. The lowest BCUT2D eigenvalue weighted by Crippen LogP contribution is -2.35. The van der Waals surface area contributed by atoms with E-state index in [4.69, 9.17) is 0 Å². The van der Waals surface area contributed by atoms with Crippen molar-refractivity contribution in [3.05, 3.63) is 0 Å². The molecule has 0 unspecified atom stereocenters. The summed E-state index contributed by atoms with van der Waals surface area (Å²) in [5.41, 5.74) is 0. The minimum atomic E-state index is 0.143. The molecule has 3 nitrogen and oxygen atoms in total. The minimum absolute atomic E-state index is 0.143. The van der Waals surface area contributed by atoms with Crippen molar-refractivity contribution in [1.29, 1.82) is 0 Å². The molecule has 1 aliphatic rings. The van der Waals surface area contributed by atoms with Gasteiger partial charge in [0.25, 0.3) is 0 Å². The number of carbonyl (C=O) groups is 1. The van der Waals surface area contributed by atoms with E-state index in [1.165, 1.54) is 0 Å². The zero-order chi connectivity index (χ0) is 9.52. The van der Waals surface area contributed by atoms with Crippen molar-refractivity contribution < 1.29 is 4.79 Å². The second-order valence-corrected chi connectivity index (χ2v) is 4.61.